The van der Waals surface area contributed by atoms with Crippen LogP contribution in [-0.4, -0.2) is 52.8 Å². The lowest BCUT2D eigenvalue weighted by Gasteiger charge is -2.23. The first-order chi connectivity index (χ1) is 15.1. The first-order valence-electron chi connectivity index (χ1n) is 10.3. The maximum absolute atomic E-state index is 13.3. The highest BCUT2D eigenvalue weighted by Crippen LogP contribution is 2.34. The number of benzene rings is 2. The van der Waals surface area contributed by atoms with Crippen LogP contribution in [0.4, 0.5) is 5.88 Å². The molecule has 0 aliphatic carbocycles. The number of rotatable bonds is 8. The molecule has 2 N–H and O–H groups in total. The molecule has 2 heterocycles. The molecule has 0 radical (unpaired) electrons. The normalized spacial score (nSPS) is 15.1. The Balaban J connectivity index is 1.59. The van der Waals surface area contributed by atoms with E-state index in [0.717, 1.165) is 39.3 Å². The van der Waals surface area contributed by atoms with Gasteiger partial charge in [0.25, 0.3) is 0 Å². The summed E-state index contributed by atoms with van der Waals surface area (Å²) >= 11 is 6.28. The van der Waals surface area contributed by atoms with Crippen molar-refractivity contribution in [1.82, 2.24) is 4.98 Å². The zero-order valence-electron chi connectivity index (χ0n) is 17.0. The molecule has 3 aromatic rings. The van der Waals surface area contributed by atoms with Gasteiger partial charge in [0.2, 0.25) is 26.6 Å². The number of nitrogens with zero attached hydrogens (tertiary/aromatic N) is 1. The quantitative estimate of drug-likeness (QED) is 0.500. The first-order valence-corrected chi connectivity index (χ1v) is 12.1. The topological polar surface area (TPSA) is 85.9 Å². The van der Waals surface area contributed by atoms with Gasteiger partial charge in [-0.05, 0) is 24.3 Å². The van der Waals surface area contributed by atoms with Gasteiger partial charge in [0.15, 0.2) is 0 Å². The molecule has 164 valence electrons. The molecule has 0 saturated carbocycles. The zero-order chi connectivity index (χ0) is 21.7. The van der Waals surface area contributed by atoms with Crippen LogP contribution in [0.2, 0.25) is 5.02 Å². The Bertz CT molecular complexity index is 1110. The van der Waals surface area contributed by atoms with E-state index in [1.807, 2.05) is 0 Å². The van der Waals surface area contributed by atoms with Crippen LogP contribution in [0.3, 0.4) is 0 Å². The van der Waals surface area contributed by atoms with Crippen LogP contribution >= 0.6 is 11.6 Å². The van der Waals surface area contributed by atoms with Crippen molar-refractivity contribution in [3.05, 3.63) is 59.6 Å². The number of nitrogens with one attached hydrogen (secondary N) is 2. The second-order valence-corrected chi connectivity index (χ2v) is 9.61. The fourth-order valence-corrected chi connectivity index (χ4v) is 5.03. The number of anilines is 1. The summed E-state index contributed by atoms with van der Waals surface area (Å²) in [5.41, 5.74) is 0.541. The van der Waals surface area contributed by atoms with Crippen LogP contribution in [0, 0.1) is 0 Å². The highest BCUT2D eigenvalue weighted by molar-refractivity contribution is 7.91. The van der Waals surface area contributed by atoms with E-state index in [1.165, 1.54) is 4.90 Å². The molecule has 0 bridgehead atoms. The minimum absolute atomic E-state index is 0.132. The highest BCUT2D eigenvalue weighted by atomic mass is 35.5. The average Bonchev–Trinajstić information content (AvgIpc) is 3.23. The lowest BCUT2D eigenvalue weighted by Crippen LogP contribution is -3.14. The number of hydrogen-bond donors (Lipinski definition) is 2. The van der Waals surface area contributed by atoms with Gasteiger partial charge in [0.05, 0.1) is 35.2 Å². The molecule has 1 aliphatic heterocycles. The third-order valence-corrected chi connectivity index (χ3v) is 7.21. The van der Waals surface area contributed by atoms with Crippen LogP contribution in [0.5, 0.6) is 0 Å². The Morgan fingerprint density at radius 2 is 1.74 bits per heavy atom. The predicted molar refractivity (Wildman–Crippen MR) is 118 cm³/mol. The van der Waals surface area contributed by atoms with Crippen molar-refractivity contribution in [3.63, 3.8) is 0 Å². The van der Waals surface area contributed by atoms with Crippen molar-refractivity contribution in [2.45, 2.75) is 16.3 Å². The van der Waals surface area contributed by atoms with Crippen LogP contribution in [0.25, 0.3) is 11.5 Å². The van der Waals surface area contributed by atoms with Gasteiger partial charge < -0.3 is 19.4 Å². The summed E-state index contributed by atoms with van der Waals surface area (Å²) in [6.07, 6.45) is 0.863. The van der Waals surface area contributed by atoms with E-state index in [-0.39, 0.29) is 21.7 Å². The molecule has 1 aliphatic rings. The molecule has 31 heavy (non-hydrogen) atoms. The monoisotopic (exact) mass is 462 g/mol. The minimum Gasteiger partial charge on any atom is -0.419 e. The fraction of sp³-hybridized carbons (Fsp3) is 0.318. The van der Waals surface area contributed by atoms with Crippen molar-refractivity contribution < 1.29 is 22.5 Å². The van der Waals surface area contributed by atoms with Gasteiger partial charge in [-0.15, -0.1) is 0 Å². The summed E-state index contributed by atoms with van der Waals surface area (Å²) < 4.78 is 37.8. The van der Waals surface area contributed by atoms with Crippen molar-refractivity contribution in [3.8, 4) is 11.5 Å². The van der Waals surface area contributed by atoms with Gasteiger partial charge in [0.1, 0.15) is 13.1 Å². The molecule has 9 heteroatoms. The Labute approximate surface area is 186 Å². The molecule has 2 aromatic carbocycles. The minimum atomic E-state index is -3.86. The number of sulfone groups is 1. The van der Waals surface area contributed by atoms with Gasteiger partial charge in [-0.3, -0.25) is 0 Å². The van der Waals surface area contributed by atoms with Gasteiger partial charge in [0, 0.05) is 13.0 Å². The van der Waals surface area contributed by atoms with E-state index in [2.05, 4.69) is 10.3 Å². The fourth-order valence-electron chi connectivity index (χ4n) is 3.51. The third kappa shape index (κ3) is 5.10. The summed E-state index contributed by atoms with van der Waals surface area (Å²) in [7, 11) is -3.86. The molecule has 1 saturated heterocycles. The number of ether oxygens (including phenoxy) is 1. The smallest absolute Gasteiger partial charge is 0.233 e. The Morgan fingerprint density at radius 1 is 1.03 bits per heavy atom. The number of morpholine rings is 1. The number of aromatic nitrogens is 1. The second-order valence-electron chi connectivity index (χ2n) is 7.34. The lowest BCUT2D eigenvalue weighted by molar-refractivity contribution is -0.908. The van der Waals surface area contributed by atoms with Crippen molar-refractivity contribution in [1.29, 1.82) is 0 Å². The highest BCUT2D eigenvalue weighted by Gasteiger charge is 2.29. The Morgan fingerprint density at radius 3 is 2.48 bits per heavy atom. The van der Waals surface area contributed by atoms with Crippen molar-refractivity contribution in [2.24, 2.45) is 0 Å². The Hall–Kier alpha value is -2.39. The van der Waals surface area contributed by atoms with E-state index < -0.39 is 9.84 Å². The zero-order valence-corrected chi connectivity index (χ0v) is 18.6. The summed E-state index contributed by atoms with van der Waals surface area (Å²) in [4.78, 5) is 5.98. The number of halogens is 1. The average molecular weight is 463 g/mol. The summed E-state index contributed by atoms with van der Waals surface area (Å²) in [5, 5.41) is 3.45. The molecule has 0 spiro atoms. The summed E-state index contributed by atoms with van der Waals surface area (Å²) in [5.74, 6) is 0.303. The number of quaternary nitrogens is 1. The largest absolute Gasteiger partial charge is 0.419 e. The van der Waals surface area contributed by atoms with Crippen LogP contribution in [-0.2, 0) is 14.6 Å². The maximum atomic E-state index is 13.3. The standard InChI is InChI=1S/C22H24ClN3O4S/c23-19-10-5-4-9-18(19)20-25-22(31(27,28)17-7-2-1-3-8-17)21(30-20)24-11-6-12-26-13-15-29-16-14-26/h1-5,7-10,24H,6,11-16H2/p+1. The van der Waals surface area contributed by atoms with Crippen LogP contribution in [0.1, 0.15) is 6.42 Å². The molecule has 4 rings (SSSR count). The molecule has 0 amide bonds. The van der Waals surface area contributed by atoms with Gasteiger partial charge in [-0.25, -0.2) is 8.42 Å². The second kappa shape index (κ2) is 9.82. The SMILES string of the molecule is O=S(=O)(c1ccccc1)c1nc(-c2ccccc2Cl)oc1NCCC[NH+]1CCOCC1. The van der Waals surface area contributed by atoms with Gasteiger partial charge in [-0.1, -0.05) is 41.9 Å². The van der Waals surface area contributed by atoms with E-state index in [0.29, 0.717) is 17.1 Å². The molecular formula is C22H25ClN3O4S+. The molecule has 1 aromatic heterocycles. The van der Waals surface area contributed by atoms with E-state index in [1.54, 1.807) is 54.6 Å². The maximum Gasteiger partial charge on any atom is 0.233 e. The first kappa shape index (κ1) is 21.8. The molecule has 0 atom stereocenters. The molecule has 1 fully saturated rings. The Kier molecular flexibility index (Phi) is 6.92. The van der Waals surface area contributed by atoms with E-state index >= 15 is 0 Å². The molecule has 0 unspecified atom stereocenters. The lowest BCUT2D eigenvalue weighted by atomic mass is 10.2. The van der Waals surface area contributed by atoms with E-state index in [9.17, 15) is 8.42 Å². The number of hydrogen-bond acceptors (Lipinski definition) is 6. The summed E-state index contributed by atoms with van der Waals surface area (Å²) in [6, 6.07) is 15.3. The molecule has 7 nitrogen and oxygen atoms in total. The van der Waals surface area contributed by atoms with Gasteiger partial charge >= 0.3 is 0 Å². The summed E-state index contributed by atoms with van der Waals surface area (Å²) in [6.45, 7) is 5.09. The molecular weight excluding hydrogens is 438 g/mol. The number of oxazole rings is 1. The van der Waals surface area contributed by atoms with E-state index in [4.69, 9.17) is 20.8 Å². The van der Waals surface area contributed by atoms with Crippen molar-refractivity contribution in [2.75, 3.05) is 44.7 Å². The van der Waals surface area contributed by atoms with Crippen LogP contribution < -0.4 is 10.2 Å². The van der Waals surface area contributed by atoms with Crippen molar-refractivity contribution >= 4 is 27.3 Å². The predicted octanol–water partition coefficient (Wildman–Crippen LogP) is 2.54. The van der Waals surface area contributed by atoms with Gasteiger partial charge in [-0.2, -0.15) is 4.98 Å². The third-order valence-electron chi connectivity index (χ3n) is 5.20. The van der Waals surface area contributed by atoms with Crippen LogP contribution in [0.15, 0.2) is 68.9 Å².